The standard InChI is InChI=1S/C20H12FNO4/c21-13-9-7-12(8-10-13)18(23)19-17(14-4-1-2-5-15(14)26-19)22-20(24)16-6-3-11-25-16/h1-11H,(H,22,24). The molecule has 6 heteroatoms. The SMILES string of the molecule is O=C(Nc1c(C(=O)c2ccc(F)cc2)oc2ccccc12)c1ccco1. The molecule has 0 saturated heterocycles. The van der Waals surface area contributed by atoms with Gasteiger partial charge in [-0.25, -0.2) is 4.39 Å². The highest BCUT2D eigenvalue weighted by Gasteiger charge is 2.24. The fourth-order valence-corrected chi connectivity index (χ4v) is 2.64. The maximum atomic E-state index is 13.1. The van der Waals surface area contributed by atoms with Gasteiger partial charge >= 0.3 is 0 Å². The quantitative estimate of drug-likeness (QED) is 0.544. The summed E-state index contributed by atoms with van der Waals surface area (Å²) >= 11 is 0. The minimum atomic E-state index is -0.505. The molecule has 4 rings (SSSR count). The molecule has 2 aromatic heterocycles. The highest BCUT2D eigenvalue weighted by atomic mass is 19.1. The molecule has 128 valence electrons. The van der Waals surface area contributed by atoms with E-state index in [9.17, 15) is 14.0 Å². The van der Waals surface area contributed by atoms with Gasteiger partial charge in [-0.3, -0.25) is 9.59 Å². The van der Waals surface area contributed by atoms with Crippen molar-refractivity contribution in [3.8, 4) is 0 Å². The average molecular weight is 349 g/mol. The summed E-state index contributed by atoms with van der Waals surface area (Å²) < 4.78 is 23.9. The van der Waals surface area contributed by atoms with Crippen LogP contribution in [0.15, 0.2) is 75.8 Å². The highest BCUT2D eigenvalue weighted by Crippen LogP contribution is 2.33. The lowest BCUT2D eigenvalue weighted by molar-refractivity contribution is 0.0996. The number of carbonyl (C=O) groups excluding carboxylic acids is 2. The van der Waals surface area contributed by atoms with Crippen LogP contribution in [0.25, 0.3) is 11.0 Å². The Balaban J connectivity index is 1.80. The van der Waals surface area contributed by atoms with Gasteiger partial charge in [-0.2, -0.15) is 0 Å². The minimum absolute atomic E-state index is 0.0299. The second-order valence-corrected chi connectivity index (χ2v) is 5.57. The Bertz CT molecular complexity index is 1090. The largest absolute Gasteiger partial charge is 0.459 e. The molecular formula is C20H12FNO4. The van der Waals surface area contributed by atoms with E-state index in [0.717, 1.165) is 0 Å². The predicted octanol–water partition coefficient (Wildman–Crippen LogP) is 4.65. The predicted molar refractivity (Wildman–Crippen MR) is 92.7 cm³/mol. The van der Waals surface area contributed by atoms with Crippen molar-refractivity contribution in [3.63, 3.8) is 0 Å². The van der Waals surface area contributed by atoms with Crippen LogP contribution in [-0.4, -0.2) is 11.7 Å². The summed E-state index contributed by atoms with van der Waals surface area (Å²) in [5.74, 6) is -1.34. The molecule has 4 aromatic rings. The number of furan rings is 2. The first kappa shape index (κ1) is 15.8. The number of para-hydroxylation sites is 1. The Morgan fingerprint density at radius 3 is 2.42 bits per heavy atom. The van der Waals surface area contributed by atoms with E-state index >= 15 is 0 Å². The van der Waals surface area contributed by atoms with Gasteiger partial charge in [-0.15, -0.1) is 0 Å². The van der Waals surface area contributed by atoms with Gasteiger partial charge in [0.1, 0.15) is 11.4 Å². The zero-order chi connectivity index (χ0) is 18.1. The first-order valence-electron chi connectivity index (χ1n) is 7.80. The number of hydrogen-bond donors (Lipinski definition) is 1. The zero-order valence-electron chi connectivity index (χ0n) is 13.4. The fourth-order valence-electron chi connectivity index (χ4n) is 2.64. The van der Waals surface area contributed by atoms with Gasteiger partial charge in [-0.1, -0.05) is 12.1 Å². The number of halogens is 1. The van der Waals surface area contributed by atoms with Crippen LogP contribution in [0.2, 0.25) is 0 Å². The van der Waals surface area contributed by atoms with Gasteiger partial charge in [0, 0.05) is 10.9 Å². The summed E-state index contributed by atoms with van der Waals surface area (Å²) in [4.78, 5) is 25.2. The van der Waals surface area contributed by atoms with Crippen molar-refractivity contribution in [1.82, 2.24) is 0 Å². The van der Waals surface area contributed by atoms with E-state index in [2.05, 4.69) is 5.32 Å². The van der Waals surface area contributed by atoms with Crippen LogP contribution in [0.5, 0.6) is 0 Å². The second-order valence-electron chi connectivity index (χ2n) is 5.57. The van der Waals surface area contributed by atoms with Gasteiger partial charge in [0.05, 0.1) is 12.0 Å². The molecule has 0 spiro atoms. The minimum Gasteiger partial charge on any atom is -0.459 e. The van der Waals surface area contributed by atoms with E-state index in [4.69, 9.17) is 8.83 Å². The van der Waals surface area contributed by atoms with Crippen molar-refractivity contribution in [3.05, 3.63) is 89.8 Å². The third-order valence-electron chi connectivity index (χ3n) is 3.89. The number of hydrogen-bond acceptors (Lipinski definition) is 4. The van der Waals surface area contributed by atoms with Crippen molar-refractivity contribution in [1.29, 1.82) is 0 Å². The lowest BCUT2D eigenvalue weighted by Gasteiger charge is -2.04. The number of rotatable bonds is 4. The molecule has 0 aliphatic heterocycles. The molecular weight excluding hydrogens is 337 g/mol. The number of ketones is 1. The molecule has 1 amide bonds. The van der Waals surface area contributed by atoms with Gasteiger partial charge in [0.15, 0.2) is 11.5 Å². The Labute approximate surface area is 147 Å². The van der Waals surface area contributed by atoms with E-state index in [1.165, 1.54) is 36.6 Å². The number of amides is 1. The van der Waals surface area contributed by atoms with E-state index in [0.29, 0.717) is 11.0 Å². The molecule has 0 atom stereocenters. The molecule has 2 aromatic carbocycles. The van der Waals surface area contributed by atoms with Crippen LogP contribution < -0.4 is 5.32 Å². The van der Waals surface area contributed by atoms with Gasteiger partial charge in [-0.05, 0) is 48.5 Å². The lowest BCUT2D eigenvalue weighted by atomic mass is 10.1. The van der Waals surface area contributed by atoms with Crippen molar-refractivity contribution in [2.24, 2.45) is 0 Å². The first-order chi connectivity index (χ1) is 12.6. The van der Waals surface area contributed by atoms with Crippen LogP contribution >= 0.6 is 0 Å². The summed E-state index contributed by atoms with van der Waals surface area (Å²) in [6.45, 7) is 0. The first-order valence-corrected chi connectivity index (χ1v) is 7.80. The fraction of sp³-hybridized carbons (Fsp3) is 0. The van der Waals surface area contributed by atoms with E-state index in [1.807, 2.05) is 0 Å². The molecule has 1 N–H and O–H groups in total. The van der Waals surface area contributed by atoms with Crippen LogP contribution in [0.4, 0.5) is 10.1 Å². The number of fused-ring (bicyclic) bond motifs is 1. The van der Waals surface area contributed by atoms with Gasteiger partial charge < -0.3 is 14.2 Å². The molecule has 26 heavy (non-hydrogen) atoms. The number of benzene rings is 2. The van der Waals surface area contributed by atoms with Crippen molar-refractivity contribution < 1.29 is 22.8 Å². The van der Waals surface area contributed by atoms with Gasteiger partial charge in [0.25, 0.3) is 5.91 Å². The maximum Gasteiger partial charge on any atom is 0.291 e. The topological polar surface area (TPSA) is 72.5 Å². The third-order valence-corrected chi connectivity index (χ3v) is 3.89. The van der Waals surface area contributed by atoms with E-state index < -0.39 is 17.5 Å². The smallest absolute Gasteiger partial charge is 0.291 e. The van der Waals surface area contributed by atoms with Crippen LogP contribution in [0.1, 0.15) is 26.7 Å². The highest BCUT2D eigenvalue weighted by molar-refractivity contribution is 6.18. The molecule has 0 fully saturated rings. The Morgan fingerprint density at radius 2 is 1.69 bits per heavy atom. The molecule has 2 heterocycles. The average Bonchev–Trinajstić information content (AvgIpc) is 3.30. The molecule has 0 aliphatic rings. The summed E-state index contributed by atoms with van der Waals surface area (Å²) in [7, 11) is 0. The van der Waals surface area contributed by atoms with Crippen molar-refractivity contribution in [2.75, 3.05) is 5.32 Å². The molecule has 0 unspecified atom stereocenters. The summed E-state index contributed by atoms with van der Waals surface area (Å²) in [6, 6.07) is 15.2. The van der Waals surface area contributed by atoms with E-state index in [-0.39, 0.29) is 22.8 Å². The lowest BCUT2D eigenvalue weighted by Crippen LogP contribution is -2.13. The summed E-state index contributed by atoms with van der Waals surface area (Å²) in [5, 5.41) is 3.26. The van der Waals surface area contributed by atoms with Crippen molar-refractivity contribution in [2.45, 2.75) is 0 Å². The van der Waals surface area contributed by atoms with Crippen LogP contribution in [-0.2, 0) is 0 Å². The zero-order valence-corrected chi connectivity index (χ0v) is 13.4. The summed E-state index contributed by atoms with van der Waals surface area (Å²) in [5.41, 5.74) is 0.947. The number of anilines is 1. The van der Waals surface area contributed by atoms with E-state index in [1.54, 1.807) is 30.3 Å². The maximum absolute atomic E-state index is 13.1. The second kappa shape index (κ2) is 6.33. The molecule has 5 nitrogen and oxygen atoms in total. The number of carbonyl (C=O) groups is 2. The monoisotopic (exact) mass is 349 g/mol. The summed E-state index contributed by atoms with van der Waals surface area (Å²) in [6.07, 6.45) is 1.38. The van der Waals surface area contributed by atoms with Crippen LogP contribution in [0.3, 0.4) is 0 Å². The number of nitrogens with one attached hydrogen (secondary N) is 1. The molecule has 0 radical (unpaired) electrons. The normalized spacial score (nSPS) is 10.8. The Kier molecular flexibility index (Phi) is 3.85. The Hall–Kier alpha value is -3.67. The molecule has 0 aliphatic carbocycles. The third kappa shape index (κ3) is 2.77. The van der Waals surface area contributed by atoms with Gasteiger partial charge in [0.2, 0.25) is 5.78 Å². The molecule has 0 bridgehead atoms. The Morgan fingerprint density at radius 1 is 0.923 bits per heavy atom. The van der Waals surface area contributed by atoms with Crippen LogP contribution in [0, 0.1) is 5.82 Å². The van der Waals surface area contributed by atoms with Crippen molar-refractivity contribution >= 4 is 28.3 Å². The molecule has 0 saturated carbocycles.